The minimum absolute atomic E-state index is 0.262. The second-order valence-corrected chi connectivity index (χ2v) is 4.52. The number of halogens is 1. The summed E-state index contributed by atoms with van der Waals surface area (Å²) in [6.07, 6.45) is 3.22. The van der Waals surface area contributed by atoms with E-state index in [1.807, 2.05) is 12.1 Å². The molecular formula is C17H13FN2O2. The maximum atomic E-state index is 12.8. The van der Waals surface area contributed by atoms with Gasteiger partial charge in [0, 0.05) is 18.5 Å². The van der Waals surface area contributed by atoms with Crippen molar-refractivity contribution in [2.24, 2.45) is 0 Å². The summed E-state index contributed by atoms with van der Waals surface area (Å²) in [5.41, 5.74) is 0.888. The third-order valence-corrected chi connectivity index (χ3v) is 2.88. The van der Waals surface area contributed by atoms with E-state index in [0.717, 1.165) is 5.56 Å². The van der Waals surface area contributed by atoms with Crippen molar-refractivity contribution in [3.05, 3.63) is 78.4 Å². The summed E-state index contributed by atoms with van der Waals surface area (Å²) in [6, 6.07) is 15.4. The van der Waals surface area contributed by atoms with Gasteiger partial charge in [-0.3, -0.25) is 0 Å². The maximum Gasteiger partial charge on any atom is 0.321 e. The maximum absolute atomic E-state index is 12.8. The number of benzene rings is 2. The third-order valence-electron chi connectivity index (χ3n) is 2.88. The standard InChI is InChI=1S/C17H13FN2O2/c18-14-7-5-13(6-8-14)12-21-15-3-1-4-16(11-15)22-17-19-9-2-10-20-17/h1-11H,12H2. The normalized spacial score (nSPS) is 10.2. The molecule has 0 fully saturated rings. The van der Waals surface area contributed by atoms with E-state index in [4.69, 9.17) is 9.47 Å². The molecular weight excluding hydrogens is 283 g/mol. The zero-order valence-electron chi connectivity index (χ0n) is 11.6. The van der Waals surface area contributed by atoms with E-state index in [1.54, 1.807) is 42.7 Å². The van der Waals surface area contributed by atoms with Crippen molar-refractivity contribution in [3.63, 3.8) is 0 Å². The summed E-state index contributed by atoms with van der Waals surface area (Å²) in [5.74, 6) is 0.975. The van der Waals surface area contributed by atoms with E-state index >= 15 is 0 Å². The van der Waals surface area contributed by atoms with Gasteiger partial charge >= 0.3 is 6.01 Å². The smallest absolute Gasteiger partial charge is 0.321 e. The van der Waals surface area contributed by atoms with Crippen molar-refractivity contribution in [1.82, 2.24) is 9.97 Å². The fraction of sp³-hybridized carbons (Fsp3) is 0.0588. The Balaban J connectivity index is 1.65. The highest BCUT2D eigenvalue weighted by Crippen LogP contribution is 2.23. The summed E-state index contributed by atoms with van der Waals surface area (Å²) in [6.45, 7) is 0.353. The molecule has 22 heavy (non-hydrogen) atoms. The topological polar surface area (TPSA) is 44.2 Å². The summed E-state index contributed by atoms with van der Waals surface area (Å²) in [4.78, 5) is 7.99. The molecule has 4 nitrogen and oxygen atoms in total. The highest BCUT2D eigenvalue weighted by molar-refractivity contribution is 5.34. The summed E-state index contributed by atoms with van der Waals surface area (Å²) in [7, 11) is 0. The number of aromatic nitrogens is 2. The third kappa shape index (κ3) is 3.79. The molecule has 0 N–H and O–H groups in total. The molecule has 0 saturated heterocycles. The van der Waals surface area contributed by atoms with Crippen LogP contribution < -0.4 is 9.47 Å². The molecule has 3 aromatic rings. The molecule has 2 aromatic carbocycles. The van der Waals surface area contributed by atoms with Crippen LogP contribution in [-0.2, 0) is 6.61 Å². The highest BCUT2D eigenvalue weighted by atomic mass is 19.1. The van der Waals surface area contributed by atoms with Crippen molar-refractivity contribution < 1.29 is 13.9 Å². The number of rotatable bonds is 5. The molecule has 0 aliphatic heterocycles. The number of hydrogen-bond acceptors (Lipinski definition) is 4. The molecule has 5 heteroatoms. The lowest BCUT2D eigenvalue weighted by atomic mass is 10.2. The van der Waals surface area contributed by atoms with Gasteiger partial charge in [-0.1, -0.05) is 18.2 Å². The Hall–Kier alpha value is -2.95. The Labute approximate surface area is 127 Å². The second kappa shape index (κ2) is 6.67. The summed E-state index contributed by atoms with van der Waals surface area (Å²) < 4.78 is 24.0. The largest absolute Gasteiger partial charge is 0.489 e. The molecule has 0 saturated carbocycles. The van der Waals surface area contributed by atoms with Gasteiger partial charge in [0.15, 0.2) is 0 Å². The molecule has 0 atom stereocenters. The van der Waals surface area contributed by atoms with Gasteiger partial charge in [0.25, 0.3) is 0 Å². The average molecular weight is 296 g/mol. The van der Waals surface area contributed by atoms with E-state index in [1.165, 1.54) is 12.1 Å². The Bertz CT molecular complexity index is 733. The zero-order valence-corrected chi connectivity index (χ0v) is 11.6. The first-order chi connectivity index (χ1) is 10.8. The lowest BCUT2D eigenvalue weighted by Gasteiger charge is -2.08. The molecule has 0 bridgehead atoms. The molecule has 0 aliphatic carbocycles. The Morgan fingerprint density at radius 1 is 0.864 bits per heavy atom. The molecule has 1 aromatic heterocycles. The first-order valence-corrected chi connectivity index (χ1v) is 6.72. The van der Waals surface area contributed by atoms with Crippen LogP contribution in [0.1, 0.15) is 5.56 Å². The molecule has 0 amide bonds. The van der Waals surface area contributed by atoms with Crippen LogP contribution in [0.15, 0.2) is 67.0 Å². The minimum Gasteiger partial charge on any atom is -0.489 e. The predicted molar refractivity (Wildman–Crippen MR) is 79.3 cm³/mol. The molecule has 0 spiro atoms. The molecule has 3 rings (SSSR count). The van der Waals surface area contributed by atoms with Crippen LogP contribution in [0.4, 0.5) is 4.39 Å². The SMILES string of the molecule is Fc1ccc(COc2cccc(Oc3ncccn3)c2)cc1. The van der Waals surface area contributed by atoms with Gasteiger partial charge in [-0.25, -0.2) is 14.4 Å². The average Bonchev–Trinajstić information content (AvgIpc) is 2.56. The van der Waals surface area contributed by atoms with Crippen LogP contribution in [0.25, 0.3) is 0 Å². The molecule has 110 valence electrons. The van der Waals surface area contributed by atoms with Gasteiger partial charge < -0.3 is 9.47 Å². The molecule has 0 unspecified atom stereocenters. The van der Waals surface area contributed by atoms with Gasteiger partial charge in [0.2, 0.25) is 0 Å². The highest BCUT2D eigenvalue weighted by Gasteiger charge is 2.02. The Kier molecular flexibility index (Phi) is 4.25. The van der Waals surface area contributed by atoms with Gasteiger partial charge in [0.05, 0.1) is 0 Å². The van der Waals surface area contributed by atoms with Gasteiger partial charge in [-0.2, -0.15) is 0 Å². The van der Waals surface area contributed by atoms with Gasteiger partial charge in [-0.15, -0.1) is 0 Å². The van der Waals surface area contributed by atoms with E-state index < -0.39 is 0 Å². The van der Waals surface area contributed by atoms with Gasteiger partial charge in [-0.05, 0) is 35.9 Å². The van der Waals surface area contributed by atoms with Crippen LogP contribution in [0.3, 0.4) is 0 Å². The number of nitrogens with zero attached hydrogens (tertiary/aromatic N) is 2. The minimum atomic E-state index is -0.262. The lowest BCUT2D eigenvalue weighted by Crippen LogP contribution is -1.96. The van der Waals surface area contributed by atoms with E-state index in [9.17, 15) is 4.39 Å². The first-order valence-electron chi connectivity index (χ1n) is 6.72. The number of ether oxygens (including phenoxy) is 2. The zero-order chi connectivity index (χ0) is 15.2. The Morgan fingerprint density at radius 2 is 1.59 bits per heavy atom. The van der Waals surface area contributed by atoms with Crippen molar-refractivity contribution in [2.75, 3.05) is 0 Å². The van der Waals surface area contributed by atoms with Crippen LogP contribution in [0.2, 0.25) is 0 Å². The predicted octanol–water partition coefficient (Wildman–Crippen LogP) is 3.99. The molecule has 0 radical (unpaired) electrons. The van der Waals surface area contributed by atoms with Crippen LogP contribution in [0, 0.1) is 5.82 Å². The van der Waals surface area contributed by atoms with Crippen LogP contribution in [0.5, 0.6) is 17.5 Å². The quantitative estimate of drug-likeness (QED) is 0.714. The van der Waals surface area contributed by atoms with Gasteiger partial charge in [0.1, 0.15) is 23.9 Å². The fourth-order valence-corrected chi connectivity index (χ4v) is 1.82. The van der Waals surface area contributed by atoms with Crippen molar-refractivity contribution in [3.8, 4) is 17.5 Å². The van der Waals surface area contributed by atoms with Crippen molar-refractivity contribution in [2.45, 2.75) is 6.61 Å². The van der Waals surface area contributed by atoms with E-state index in [2.05, 4.69) is 9.97 Å². The van der Waals surface area contributed by atoms with E-state index in [-0.39, 0.29) is 11.8 Å². The summed E-state index contributed by atoms with van der Waals surface area (Å²) in [5, 5.41) is 0. The van der Waals surface area contributed by atoms with Crippen molar-refractivity contribution >= 4 is 0 Å². The first kappa shape index (κ1) is 14.0. The molecule has 1 heterocycles. The van der Waals surface area contributed by atoms with Crippen LogP contribution >= 0.6 is 0 Å². The second-order valence-electron chi connectivity index (χ2n) is 4.52. The lowest BCUT2D eigenvalue weighted by molar-refractivity contribution is 0.304. The van der Waals surface area contributed by atoms with E-state index in [0.29, 0.717) is 18.1 Å². The fourth-order valence-electron chi connectivity index (χ4n) is 1.82. The van der Waals surface area contributed by atoms with Crippen molar-refractivity contribution in [1.29, 1.82) is 0 Å². The Morgan fingerprint density at radius 3 is 2.36 bits per heavy atom. The number of hydrogen-bond donors (Lipinski definition) is 0. The summed E-state index contributed by atoms with van der Waals surface area (Å²) >= 11 is 0. The monoisotopic (exact) mass is 296 g/mol. The van der Waals surface area contributed by atoms with Crippen LogP contribution in [-0.4, -0.2) is 9.97 Å². The molecule has 0 aliphatic rings.